The fraction of sp³-hybridized carbons (Fsp3) is 0.333. The molecule has 1 aromatic carbocycles. The van der Waals surface area contributed by atoms with Gasteiger partial charge < -0.3 is 5.32 Å². The highest BCUT2D eigenvalue weighted by molar-refractivity contribution is 5.92. The second kappa shape index (κ2) is 7.13. The molecular formula is C21H20FN5O2. The molecular weight excluding hydrogens is 373 g/mol. The van der Waals surface area contributed by atoms with Crippen LogP contribution in [-0.2, 0) is 6.54 Å². The summed E-state index contributed by atoms with van der Waals surface area (Å²) in [5, 5.41) is 13.1. The van der Waals surface area contributed by atoms with Crippen molar-refractivity contribution in [2.45, 2.75) is 31.3 Å². The van der Waals surface area contributed by atoms with E-state index in [9.17, 15) is 9.18 Å². The number of carbonyl (C=O) groups excluding carboxylic acids is 1. The quantitative estimate of drug-likeness (QED) is 0.455. The molecule has 2 unspecified atom stereocenters. The van der Waals surface area contributed by atoms with Crippen molar-refractivity contribution in [3.05, 3.63) is 65.6 Å². The topological polar surface area (TPSA) is 100 Å². The van der Waals surface area contributed by atoms with Crippen molar-refractivity contribution in [2.75, 3.05) is 0 Å². The van der Waals surface area contributed by atoms with E-state index in [4.69, 9.17) is 5.21 Å². The molecule has 2 heterocycles. The van der Waals surface area contributed by atoms with Gasteiger partial charge in [-0.3, -0.25) is 15.0 Å². The predicted octanol–water partition coefficient (Wildman–Crippen LogP) is 2.56. The van der Waals surface area contributed by atoms with Crippen molar-refractivity contribution in [3.8, 4) is 0 Å². The van der Waals surface area contributed by atoms with Crippen LogP contribution >= 0.6 is 0 Å². The molecule has 29 heavy (non-hydrogen) atoms. The maximum Gasteiger partial charge on any atom is 0.277 e. The molecule has 0 aliphatic heterocycles. The maximum atomic E-state index is 13.3. The molecule has 0 saturated heterocycles. The number of carbonyl (C=O) groups is 1. The summed E-state index contributed by atoms with van der Waals surface area (Å²) in [5.74, 6) is 1.43. The van der Waals surface area contributed by atoms with Crippen molar-refractivity contribution in [3.63, 3.8) is 0 Å². The first-order valence-corrected chi connectivity index (χ1v) is 9.67. The molecule has 2 saturated carbocycles. The zero-order chi connectivity index (χ0) is 20.0. The van der Waals surface area contributed by atoms with Crippen molar-refractivity contribution in [1.82, 2.24) is 25.7 Å². The van der Waals surface area contributed by atoms with E-state index in [1.54, 1.807) is 11.5 Å². The van der Waals surface area contributed by atoms with Gasteiger partial charge in [-0.2, -0.15) is 0 Å². The van der Waals surface area contributed by atoms with Crippen LogP contribution in [0.25, 0.3) is 10.9 Å². The van der Waals surface area contributed by atoms with E-state index in [2.05, 4.69) is 20.3 Å². The molecule has 1 amide bonds. The van der Waals surface area contributed by atoms with Gasteiger partial charge in [0.25, 0.3) is 5.91 Å². The minimum atomic E-state index is -0.609. The van der Waals surface area contributed by atoms with E-state index in [-0.39, 0.29) is 11.4 Å². The average molecular weight is 393 g/mol. The Morgan fingerprint density at radius 1 is 1.14 bits per heavy atom. The molecule has 5 rings (SSSR count). The highest BCUT2D eigenvalue weighted by Gasteiger charge is 2.56. The number of aromatic nitrogens is 3. The monoisotopic (exact) mass is 393 g/mol. The number of nitrogens with zero attached hydrogens (tertiary/aromatic N) is 3. The number of nitrogens with one attached hydrogen (secondary N) is 2. The first-order chi connectivity index (χ1) is 14.1. The summed E-state index contributed by atoms with van der Waals surface area (Å²) in [6.07, 6.45) is 4.95. The van der Waals surface area contributed by atoms with Crippen molar-refractivity contribution < 1.29 is 14.4 Å². The molecule has 8 heteroatoms. The Morgan fingerprint density at radius 3 is 2.62 bits per heavy atom. The lowest BCUT2D eigenvalue weighted by molar-refractivity contribution is 0.0705. The van der Waals surface area contributed by atoms with Gasteiger partial charge in [0.1, 0.15) is 11.6 Å². The maximum absolute atomic E-state index is 13.3. The number of benzene rings is 1. The minimum Gasteiger partial charge on any atom is -0.308 e. The van der Waals surface area contributed by atoms with Crippen molar-refractivity contribution in [1.29, 1.82) is 0 Å². The molecule has 0 bridgehead atoms. The third kappa shape index (κ3) is 3.45. The third-order valence-corrected chi connectivity index (χ3v) is 6.07. The van der Waals surface area contributed by atoms with Gasteiger partial charge in [-0.1, -0.05) is 6.07 Å². The normalized spacial score (nSPS) is 25.0. The van der Waals surface area contributed by atoms with Gasteiger partial charge in [-0.05, 0) is 48.9 Å². The molecule has 0 spiro atoms. The van der Waals surface area contributed by atoms with Crippen LogP contribution in [0.4, 0.5) is 4.39 Å². The number of hydrogen-bond donors (Lipinski definition) is 3. The first-order valence-electron chi connectivity index (χ1n) is 9.67. The fourth-order valence-electron chi connectivity index (χ4n) is 4.54. The fourth-order valence-corrected chi connectivity index (χ4v) is 4.54. The van der Waals surface area contributed by atoms with Crippen LogP contribution in [0.5, 0.6) is 0 Å². The van der Waals surface area contributed by atoms with E-state index in [1.807, 2.05) is 12.1 Å². The van der Waals surface area contributed by atoms with Crippen molar-refractivity contribution in [2.24, 2.45) is 11.8 Å². The lowest BCUT2D eigenvalue weighted by Gasteiger charge is -2.14. The van der Waals surface area contributed by atoms with Crippen LogP contribution in [-0.4, -0.2) is 32.1 Å². The Kier molecular flexibility index (Phi) is 4.44. The first kappa shape index (κ1) is 18.1. The number of hydrogen-bond acceptors (Lipinski definition) is 6. The molecule has 0 radical (unpaired) electrons. The van der Waals surface area contributed by atoms with Crippen molar-refractivity contribution >= 4 is 16.8 Å². The van der Waals surface area contributed by atoms with Gasteiger partial charge in [0, 0.05) is 36.3 Å². The summed E-state index contributed by atoms with van der Waals surface area (Å²) >= 11 is 0. The molecule has 2 aromatic heterocycles. The Morgan fingerprint density at radius 2 is 1.90 bits per heavy atom. The predicted molar refractivity (Wildman–Crippen MR) is 103 cm³/mol. The van der Waals surface area contributed by atoms with Crippen LogP contribution < -0.4 is 10.8 Å². The minimum absolute atomic E-state index is 0.240. The van der Waals surface area contributed by atoms with Crippen LogP contribution in [0.15, 0.2) is 42.7 Å². The number of pyridine rings is 1. The zero-order valence-corrected chi connectivity index (χ0v) is 15.5. The third-order valence-electron chi connectivity index (χ3n) is 6.07. The molecule has 3 aromatic rings. The van der Waals surface area contributed by atoms with Crippen LogP contribution in [0.3, 0.4) is 0 Å². The summed E-state index contributed by atoms with van der Waals surface area (Å²) in [6.45, 7) is 0.692. The highest BCUT2D eigenvalue weighted by Crippen LogP contribution is 2.57. The summed E-state index contributed by atoms with van der Waals surface area (Å²) in [4.78, 5) is 24.6. The van der Waals surface area contributed by atoms with Gasteiger partial charge in [0.2, 0.25) is 0 Å². The van der Waals surface area contributed by atoms with Crippen LogP contribution in [0.2, 0.25) is 0 Å². The zero-order valence-electron chi connectivity index (χ0n) is 15.5. The summed E-state index contributed by atoms with van der Waals surface area (Å²) in [7, 11) is 0. The summed E-state index contributed by atoms with van der Waals surface area (Å²) in [6, 6.07) is 8.97. The van der Waals surface area contributed by atoms with E-state index in [0.717, 1.165) is 35.3 Å². The molecule has 2 aliphatic carbocycles. The lowest BCUT2D eigenvalue weighted by Crippen LogP contribution is -2.22. The Balaban J connectivity index is 1.16. The largest absolute Gasteiger partial charge is 0.308 e. The smallest absolute Gasteiger partial charge is 0.277 e. The number of amides is 1. The highest BCUT2D eigenvalue weighted by atomic mass is 19.1. The average Bonchev–Trinajstić information content (AvgIpc) is 3.20. The van der Waals surface area contributed by atoms with Crippen LogP contribution in [0, 0.1) is 17.7 Å². The number of halogens is 1. The van der Waals surface area contributed by atoms with E-state index >= 15 is 0 Å². The molecule has 2 aliphatic rings. The molecule has 4 atom stereocenters. The number of fused-ring (bicyclic) bond motifs is 2. The van der Waals surface area contributed by atoms with Gasteiger partial charge in [-0.25, -0.2) is 19.8 Å². The lowest BCUT2D eigenvalue weighted by atomic mass is 10.0. The number of rotatable bonds is 5. The Bertz CT molecular complexity index is 1060. The number of hydroxylamine groups is 1. The second-order valence-electron chi connectivity index (χ2n) is 7.81. The van der Waals surface area contributed by atoms with E-state index in [1.165, 1.54) is 24.5 Å². The van der Waals surface area contributed by atoms with Gasteiger partial charge in [0.15, 0.2) is 0 Å². The van der Waals surface area contributed by atoms with Gasteiger partial charge >= 0.3 is 0 Å². The molecule has 3 N–H and O–H groups in total. The van der Waals surface area contributed by atoms with Gasteiger partial charge in [-0.15, -0.1) is 0 Å². The van der Waals surface area contributed by atoms with E-state index < -0.39 is 5.91 Å². The SMILES string of the molecule is O=C(NO)c1cnc(C2C[C@@H]3C(NCc4ccc5cc(F)ccc5n4)[C@@H]3C2)nc1. The summed E-state index contributed by atoms with van der Waals surface area (Å²) < 4.78 is 13.3. The van der Waals surface area contributed by atoms with Crippen LogP contribution in [0.1, 0.15) is 40.6 Å². The van der Waals surface area contributed by atoms with E-state index in [0.29, 0.717) is 30.3 Å². The molecule has 2 fully saturated rings. The Labute approximate surface area is 166 Å². The molecule has 7 nitrogen and oxygen atoms in total. The standard InChI is InChI=1S/C21H20FN5O2/c22-14-2-4-18-11(5-14)1-3-15(26-18)10-23-19-16-6-12(7-17(16)19)20-24-8-13(9-25-20)21(28)27-29/h1-5,8-9,12,16-17,19,23,29H,6-7,10H2,(H,27,28)/t12?,16-,17+,19?. The second-order valence-corrected chi connectivity index (χ2v) is 7.81. The summed E-state index contributed by atoms with van der Waals surface area (Å²) in [5.41, 5.74) is 3.57. The Hall–Kier alpha value is -2.97. The molecule has 148 valence electrons. The van der Waals surface area contributed by atoms with Gasteiger partial charge in [0.05, 0.1) is 16.8 Å².